The average molecular weight is 372 g/mol. The zero-order chi connectivity index (χ0) is 16.1. The second kappa shape index (κ2) is 8.01. The summed E-state index contributed by atoms with van der Waals surface area (Å²) in [4.78, 5) is 0. The SMILES string of the molecule is COc1ccc(-c2ccc(CCC3CC[CH]CC3)cc2)cc1Br. The van der Waals surface area contributed by atoms with Crippen LogP contribution in [0.5, 0.6) is 5.75 Å². The van der Waals surface area contributed by atoms with E-state index >= 15 is 0 Å². The smallest absolute Gasteiger partial charge is 0.133 e. The Morgan fingerprint density at radius 1 is 1.00 bits per heavy atom. The molecule has 1 saturated carbocycles. The minimum atomic E-state index is 0.870. The van der Waals surface area contributed by atoms with Crippen molar-refractivity contribution in [2.24, 2.45) is 5.92 Å². The summed E-state index contributed by atoms with van der Waals surface area (Å²) in [6, 6.07) is 15.3. The molecule has 0 saturated heterocycles. The Morgan fingerprint density at radius 2 is 1.70 bits per heavy atom. The van der Waals surface area contributed by atoms with Gasteiger partial charge in [-0.2, -0.15) is 0 Å². The molecule has 121 valence electrons. The van der Waals surface area contributed by atoms with Gasteiger partial charge in [-0.1, -0.05) is 43.2 Å². The van der Waals surface area contributed by atoms with Gasteiger partial charge in [0.05, 0.1) is 11.6 Å². The summed E-state index contributed by atoms with van der Waals surface area (Å²) in [5.74, 6) is 1.80. The van der Waals surface area contributed by atoms with Gasteiger partial charge in [0.2, 0.25) is 0 Å². The molecule has 1 fully saturated rings. The molecule has 1 aliphatic rings. The highest BCUT2D eigenvalue weighted by Crippen LogP contribution is 2.31. The topological polar surface area (TPSA) is 9.23 Å². The van der Waals surface area contributed by atoms with Gasteiger partial charge >= 0.3 is 0 Å². The van der Waals surface area contributed by atoms with Crippen LogP contribution in [0.3, 0.4) is 0 Å². The summed E-state index contributed by atoms with van der Waals surface area (Å²) in [5, 5.41) is 0. The molecule has 0 N–H and O–H groups in total. The highest BCUT2D eigenvalue weighted by atomic mass is 79.9. The molecule has 2 aromatic rings. The molecule has 1 aliphatic carbocycles. The number of aryl methyl sites for hydroxylation is 1. The predicted octanol–water partition coefficient (Wildman–Crippen LogP) is 6.45. The Bertz CT molecular complexity index is 627. The molecule has 0 aliphatic heterocycles. The van der Waals surface area contributed by atoms with E-state index in [1.807, 2.05) is 6.07 Å². The molecule has 1 radical (unpaired) electrons. The number of rotatable bonds is 5. The van der Waals surface area contributed by atoms with Gasteiger partial charge in [-0.15, -0.1) is 0 Å². The van der Waals surface area contributed by atoms with E-state index in [1.54, 1.807) is 7.11 Å². The van der Waals surface area contributed by atoms with Gasteiger partial charge in [0.25, 0.3) is 0 Å². The van der Waals surface area contributed by atoms with Crippen LogP contribution < -0.4 is 4.74 Å². The minimum Gasteiger partial charge on any atom is -0.496 e. The normalized spacial score (nSPS) is 15.6. The highest BCUT2D eigenvalue weighted by molar-refractivity contribution is 9.10. The third-order valence-corrected chi connectivity index (χ3v) is 5.46. The highest BCUT2D eigenvalue weighted by Gasteiger charge is 2.13. The van der Waals surface area contributed by atoms with E-state index in [2.05, 4.69) is 58.7 Å². The second-order valence-corrected chi connectivity index (χ2v) is 7.25. The molecule has 0 atom stereocenters. The number of halogens is 1. The number of hydrogen-bond acceptors (Lipinski definition) is 1. The summed E-state index contributed by atoms with van der Waals surface area (Å²) >= 11 is 3.56. The molecule has 23 heavy (non-hydrogen) atoms. The summed E-state index contributed by atoms with van der Waals surface area (Å²) < 4.78 is 6.29. The fourth-order valence-electron chi connectivity index (χ4n) is 3.37. The van der Waals surface area contributed by atoms with Crippen LogP contribution in [0.1, 0.15) is 37.7 Å². The number of methoxy groups -OCH3 is 1. The van der Waals surface area contributed by atoms with Crippen LogP contribution in [0.15, 0.2) is 46.9 Å². The molecule has 2 aromatic carbocycles. The third-order valence-electron chi connectivity index (χ3n) is 4.84. The van der Waals surface area contributed by atoms with Crippen molar-refractivity contribution < 1.29 is 4.74 Å². The van der Waals surface area contributed by atoms with Crippen LogP contribution in [0.2, 0.25) is 0 Å². The monoisotopic (exact) mass is 371 g/mol. The van der Waals surface area contributed by atoms with Crippen molar-refractivity contribution in [1.29, 1.82) is 0 Å². The Morgan fingerprint density at radius 3 is 2.35 bits per heavy atom. The summed E-state index contributed by atoms with van der Waals surface area (Å²) in [6.45, 7) is 0. The molecule has 1 nitrogen and oxygen atoms in total. The second-order valence-electron chi connectivity index (χ2n) is 6.39. The molecule has 0 unspecified atom stereocenters. The lowest BCUT2D eigenvalue weighted by Crippen LogP contribution is -2.07. The van der Waals surface area contributed by atoms with E-state index in [-0.39, 0.29) is 0 Å². The van der Waals surface area contributed by atoms with Crippen LogP contribution in [0, 0.1) is 12.3 Å². The maximum absolute atomic E-state index is 5.30. The Hall–Kier alpha value is -1.28. The molecule has 0 spiro atoms. The van der Waals surface area contributed by atoms with Gasteiger partial charge in [0, 0.05) is 0 Å². The van der Waals surface area contributed by atoms with Gasteiger partial charge in [0.15, 0.2) is 0 Å². The molecule has 0 heterocycles. The number of hydrogen-bond donors (Lipinski definition) is 0. The van der Waals surface area contributed by atoms with Gasteiger partial charge in [-0.3, -0.25) is 0 Å². The van der Waals surface area contributed by atoms with Crippen molar-refractivity contribution in [2.75, 3.05) is 7.11 Å². The summed E-state index contributed by atoms with van der Waals surface area (Å²) in [7, 11) is 1.69. The number of ether oxygens (including phenoxy) is 1. The van der Waals surface area contributed by atoms with E-state index in [4.69, 9.17) is 4.74 Å². The van der Waals surface area contributed by atoms with Gasteiger partial charge < -0.3 is 4.74 Å². The Balaban J connectivity index is 1.63. The van der Waals surface area contributed by atoms with Crippen molar-refractivity contribution >= 4 is 15.9 Å². The zero-order valence-corrected chi connectivity index (χ0v) is 15.3. The maximum Gasteiger partial charge on any atom is 0.133 e. The van der Waals surface area contributed by atoms with E-state index in [1.165, 1.54) is 55.2 Å². The van der Waals surface area contributed by atoms with Crippen LogP contribution in [0.4, 0.5) is 0 Å². The zero-order valence-electron chi connectivity index (χ0n) is 13.7. The van der Waals surface area contributed by atoms with E-state index in [0.29, 0.717) is 0 Å². The summed E-state index contributed by atoms with van der Waals surface area (Å²) in [6.07, 6.45) is 10.4. The van der Waals surface area contributed by atoms with Crippen molar-refractivity contribution in [3.63, 3.8) is 0 Å². The van der Waals surface area contributed by atoms with Gasteiger partial charge in [0.1, 0.15) is 5.75 Å². The van der Waals surface area contributed by atoms with Crippen LogP contribution in [-0.4, -0.2) is 7.11 Å². The lowest BCUT2D eigenvalue weighted by molar-refractivity contribution is 0.381. The van der Waals surface area contributed by atoms with Crippen LogP contribution in [0.25, 0.3) is 11.1 Å². The van der Waals surface area contributed by atoms with Crippen LogP contribution in [-0.2, 0) is 6.42 Å². The first-order valence-corrected chi connectivity index (χ1v) is 9.30. The first-order chi connectivity index (χ1) is 11.3. The third kappa shape index (κ3) is 4.38. The molecule has 0 bridgehead atoms. The van der Waals surface area contributed by atoms with Crippen molar-refractivity contribution in [2.45, 2.75) is 38.5 Å². The lowest BCUT2D eigenvalue weighted by Gasteiger charge is -2.21. The van der Waals surface area contributed by atoms with Crippen molar-refractivity contribution in [3.8, 4) is 16.9 Å². The molecule has 3 rings (SSSR count). The minimum absolute atomic E-state index is 0.870. The van der Waals surface area contributed by atoms with Crippen molar-refractivity contribution in [1.82, 2.24) is 0 Å². The van der Waals surface area contributed by atoms with Crippen LogP contribution >= 0.6 is 15.9 Å². The maximum atomic E-state index is 5.30. The largest absolute Gasteiger partial charge is 0.496 e. The standard InChI is InChI=1S/C21H24BrO/c1-23-21-14-13-19(15-20(21)22)18-11-9-17(10-12-18)8-7-16-5-3-2-4-6-16/h2,9-16H,3-8H2,1H3. The predicted molar refractivity (Wildman–Crippen MR) is 101 cm³/mol. The molecule has 2 heteroatoms. The van der Waals surface area contributed by atoms with Gasteiger partial charge in [-0.25, -0.2) is 0 Å². The van der Waals surface area contributed by atoms with Gasteiger partial charge in [-0.05, 0) is 82.8 Å². The Kier molecular flexibility index (Phi) is 5.77. The molecular formula is C21H24BrO. The summed E-state index contributed by atoms with van der Waals surface area (Å²) in [5.41, 5.74) is 3.92. The quantitative estimate of drug-likeness (QED) is 0.586. The molecular weight excluding hydrogens is 348 g/mol. The van der Waals surface area contributed by atoms with Crippen molar-refractivity contribution in [3.05, 3.63) is 58.9 Å². The average Bonchev–Trinajstić information content (AvgIpc) is 2.61. The fraction of sp³-hybridized carbons (Fsp3) is 0.381. The lowest BCUT2D eigenvalue weighted by atomic mass is 9.85. The van der Waals surface area contributed by atoms with E-state index < -0.39 is 0 Å². The van der Waals surface area contributed by atoms with E-state index in [0.717, 1.165) is 16.1 Å². The first kappa shape index (κ1) is 16.6. The van der Waals surface area contributed by atoms with E-state index in [9.17, 15) is 0 Å². The Labute approximate surface area is 148 Å². The number of benzene rings is 2. The fourth-order valence-corrected chi connectivity index (χ4v) is 3.91. The first-order valence-electron chi connectivity index (χ1n) is 8.51. The molecule has 0 aromatic heterocycles. The molecule has 0 amide bonds.